The van der Waals surface area contributed by atoms with Crippen molar-refractivity contribution >= 4 is 12.6 Å². The highest BCUT2D eigenvalue weighted by Crippen LogP contribution is 2.49. The van der Waals surface area contributed by atoms with Gasteiger partial charge < -0.3 is 25.2 Å². The van der Waals surface area contributed by atoms with Crippen LogP contribution < -0.4 is 4.74 Å². The highest BCUT2D eigenvalue weighted by molar-refractivity contribution is 7.80. The van der Waals surface area contributed by atoms with Gasteiger partial charge in [0, 0.05) is 12.0 Å². The van der Waals surface area contributed by atoms with E-state index < -0.39 is 23.0 Å². The second-order valence-corrected chi connectivity index (χ2v) is 6.23. The second-order valence-electron chi connectivity index (χ2n) is 5.78. The van der Waals surface area contributed by atoms with Crippen molar-refractivity contribution in [3.8, 4) is 28.7 Å². The molecule has 0 aliphatic carbocycles. The molecule has 134 valence electrons. The lowest BCUT2D eigenvalue weighted by molar-refractivity contribution is 0.303. The smallest absolute Gasteiger partial charge is 0.205 e. The maximum Gasteiger partial charge on any atom is 0.205 e. The summed E-state index contributed by atoms with van der Waals surface area (Å²) in [5, 5.41) is 39.4. The van der Waals surface area contributed by atoms with E-state index >= 15 is 0 Å². The Kier molecular flexibility index (Phi) is 5.14. The number of hydrogen-bond donors (Lipinski definition) is 5. The van der Waals surface area contributed by atoms with Gasteiger partial charge in [-0.1, -0.05) is 48.5 Å². The predicted molar refractivity (Wildman–Crippen MR) is 100 cm³/mol. The van der Waals surface area contributed by atoms with E-state index in [1.807, 2.05) is 48.5 Å². The van der Waals surface area contributed by atoms with E-state index in [9.17, 15) is 20.4 Å². The van der Waals surface area contributed by atoms with E-state index in [2.05, 4.69) is 12.6 Å². The first-order valence-electron chi connectivity index (χ1n) is 7.91. The van der Waals surface area contributed by atoms with Gasteiger partial charge in [-0.2, -0.15) is 0 Å². The molecule has 0 amide bonds. The summed E-state index contributed by atoms with van der Waals surface area (Å²) in [6.45, 7) is 0.379. The first-order valence-corrected chi connectivity index (χ1v) is 8.36. The van der Waals surface area contributed by atoms with Gasteiger partial charge in [-0.15, -0.1) is 12.6 Å². The average Bonchev–Trinajstić information content (AvgIpc) is 2.68. The van der Waals surface area contributed by atoms with Gasteiger partial charge in [0.1, 0.15) is 12.4 Å². The maximum atomic E-state index is 10.1. The lowest BCUT2D eigenvalue weighted by Crippen LogP contribution is -2.00. The lowest BCUT2D eigenvalue weighted by Gasteiger charge is -2.15. The molecule has 6 heteroatoms. The minimum atomic E-state index is -0.801. The van der Waals surface area contributed by atoms with Crippen molar-refractivity contribution in [3.05, 3.63) is 71.3 Å². The Morgan fingerprint density at radius 2 is 1.35 bits per heavy atom. The van der Waals surface area contributed by atoms with Crippen LogP contribution in [0, 0.1) is 0 Å². The predicted octanol–water partition coefficient (Wildman–Crippen LogP) is 3.97. The van der Waals surface area contributed by atoms with E-state index in [-0.39, 0.29) is 16.9 Å². The van der Waals surface area contributed by atoms with Crippen LogP contribution in [0.2, 0.25) is 0 Å². The Morgan fingerprint density at radius 3 is 2.08 bits per heavy atom. The largest absolute Gasteiger partial charge is 0.504 e. The van der Waals surface area contributed by atoms with Gasteiger partial charge in [-0.3, -0.25) is 0 Å². The van der Waals surface area contributed by atoms with Crippen molar-refractivity contribution in [2.24, 2.45) is 0 Å². The van der Waals surface area contributed by atoms with Crippen LogP contribution in [0.4, 0.5) is 0 Å². The summed E-state index contributed by atoms with van der Waals surface area (Å²) in [5.41, 5.74) is 1.94. The molecule has 3 aromatic rings. The van der Waals surface area contributed by atoms with Crippen LogP contribution in [0.5, 0.6) is 28.7 Å². The zero-order valence-electron chi connectivity index (χ0n) is 13.8. The minimum absolute atomic E-state index is 0.00402. The van der Waals surface area contributed by atoms with Crippen LogP contribution in [-0.2, 0) is 13.0 Å². The Bertz CT molecular complexity index is 896. The fourth-order valence-electron chi connectivity index (χ4n) is 2.62. The van der Waals surface area contributed by atoms with Crippen molar-refractivity contribution in [1.82, 2.24) is 0 Å². The highest BCUT2D eigenvalue weighted by atomic mass is 32.1. The Morgan fingerprint density at radius 1 is 0.731 bits per heavy atom. The molecule has 0 fully saturated rings. The molecule has 0 unspecified atom stereocenters. The summed E-state index contributed by atoms with van der Waals surface area (Å²) < 4.78 is 5.88. The maximum absolute atomic E-state index is 10.1. The Balaban J connectivity index is 1.90. The molecular weight excluding hydrogens is 352 g/mol. The highest BCUT2D eigenvalue weighted by Gasteiger charge is 2.22. The molecule has 0 aliphatic heterocycles. The number of rotatable bonds is 5. The van der Waals surface area contributed by atoms with Crippen molar-refractivity contribution in [1.29, 1.82) is 0 Å². The molecule has 0 saturated carbocycles. The number of thiol groups is 1. The number of para-hydroxylation sites is 1. The monoisotopic (exact) mass is 370 g/mol. The third-order valence-electron chi connectivity index (χ3n) is 4.05. The summed E-state index contributed by atoms with van der Waals surface area (Å²) in [6.07, 6.45) is 0.150. The molecule has 0 heterocycles. The van der Waals surface area contributed by atoms with E-state index in [4.69, 9.17) is 4.74 Å². The molecule has 0 aromatic heterocycles. The fraction of sp³-hybridized carbons (Fsp3) is 0.100. The lowest BCUT2D eigenvalue weighted by atomic mass is 10.0. The molecule has 0 radical (unpaired) electrons. The van der Waals surface area contributed by atoms with E-state index in [0.29, 0.717) is 12.4 Å². The molecule has 0 bridgehead atoms. The van der Waals surface area contributed by atoms with Crippen LogP contribution in [0.1, 0.15) is 16.7 Å². The zero-order chi connectivity index (χ0) is 18.7. The van der Waals surface area contributed by atoms with E-state index in [0.717, 1.165) is 11.1 Å². The first-order chi connectivity index (χ1) is 12.5. The molecule has 0 atom stereocenters. The van der Waals surface area contributed by atoms with Gasteiger partial charge in [-0.05, 0) is 17.2 Å². The number of hydrogen-bond acceptors (Lipinski definition) is 6. The van der Waals surface area contributed by atoms with Crippen LogP contribution in [-0.4, -0.2) is 20.4 Å². The third-order valence-corrected chi connectivity index (χ3v) is 4.53. The van der Waals surface area contributed by atoms with Gasteiger partial charge in [-0.25, -0.2) is 0 Å². The number of aromatic hydroxyl groups is 4. The standard InChI is InChI=1S/C20H18O5S/c21-16-14(20(26)19(24)18(23)17(16)22)10-13-8-4-5-9-15(13)25-11-12-6-2-1-3-7-12/h1-9,21-24,26H,10-11H2. The number of ether oxygens (including phenoxy) is 1. The van der Waals surface area contributed by atoms with Crippen molar-refractivity contribution in [2.45, 2.75) is 17.9 Å². The summed E-state index contributed by atoms with van der Waals surface area (Å²) in [7, 11) is 0. The van der Waals surface area contributed by atoms with Gasteiger partial charge in [0.2, 0.25) is 11.5 Å². The van der Waals surface area contributed by atoms with Crippen molar-refractivity contribution < 1.29 is 25.2 Å². The number of benzene rings is 3. The SMILES string of the molecule is Oc1c(O)c(O)c(Cc2ccccc2OCc2ccccc2)c(S)c1O. The molecule has 3 rings (SSSR count). The third kappa shape index (κ3) is 3.50. The van der Waals surface area contributed by atoms with Crippen molar-refractivity contribution in [2.75, 3.05) is 0 Å². The van der Waals surface area contributed by atoms with Gasteiger partial charge >= 0.3 is 0 Å². The van der Waals surface area contributed by atoms with Gasteiger partial charge in [0.25, 0.3) is 0 Å². The molecule has 26 heavy (non-hydrogen) atoms. The minimum Gasteiger partial charge on any atom is -0.504 e. The number of phenols is 4. The van der Waals surface area contributed by atoms with Crippen LogP contribution in [0.15, 0.2) is 59.5 Å². The summed E-state index contributed by atoms with van der Waals surface area (Å²) >= 11 is 4.15. The molecule has 5 nitrogen and oxygen atoms in total. The van der Waals surface area contributed by atoms with Crippen molar-refractivity contribution in [3.63, 3.8) is 0 Å². The quantitative estimate of drug-likeness (QED) is 0.266. The molecule has 0 saturated heterocycles. The Labute approximate surface area is 156 Å². The van der Waals surface area contributed by atoms with Gasteiger partial charge in [0.05, 0.1) is 4.90 Å². The normalized spacial score (nSPS) is 10.7. The van der Waals surface area contributed by atoms with Crippen LogP contribution >= 0.6 is 12.6 Å². The molecule has 3 aromatic carbocycles. The fourth-order valence-corrected chi connectivity index (χ4v) is 2.91. The summed E-state index contributed by atoms with van der Waals surface area (Å²) in [4.78, 5) is -0.00402. The zero-order valence-corrected chi connectivity index (χ0v) is 14.6. The second kappa shape index (κ2) is 7.49. The van der Waals surface area contributed by atoms with Crippen LogP contribution in [0.3, 0.4) is 0 Å². The van der Waals surface area contributed by atoms with E-state index in [1.165, 1.54) is 0 Å². The summed E-state index contributed by atoms with van der Waals surface area (Å²) in [5.74, 6) is -2.08. The molecule has 0 aliphatic rings. The molecular formula is C20H18O5S. The Hall–Kier alpha value is -2.99. The molecule has 0 spiro atoms. The molecule has 4 N–H and O–H groups in total. The van der Waals surface area contributed by atoms with Gasteiger partial charge in [0.15, 0.2) is 11.5 Å². The van der Waals surface area contributed by atoms with E-state index in [1.54, 1.807) is 6.07 Å². The first kappa shape index (κ1) is 17.8. The van der Waals surface area contributed by atoms with Crippen LogP contribution in [0.25, 0.3) is 0 Å². The summed E-state index contributed by atoms with van der Waals surface area (Å²) in [6, 6.07) is 17.0. The topological polar surface area (TPSA) is 90.2 Å². The number of phenolic OH excluding ortho intramolecular Hbond substituents is 4. The average molecular weight is 370 g/mol.